The molecular weight excluding hydrogens is 406 g/mol. The summed E-state index contributed by atoms with van der Waals surface area (Å²) >= 11 is 3.50. The second kappa shape index (κ2) is 8.21. The molecule has 3 rings (SSSR count). The second-order valence-corrected chi connectivity index (χ2v) is 7.94. The van der Waals surface area contributed by atoms with Crippen molar-refractivity contribution in [2.45, 2.75) is 44.6 Å². The number of anilines is 1. The molecule has 0 bridgehead atoms. The Morgan fingerprint density at radius 3 is 2.52 bits per heavy atom. The van der Waals surface area contributed by atoms with Crippen molar-refractivity contribution in [3.8, 4) is 0 Å². The van der Waals surface area contributed by atoms with Crippen LogP contribution < -0.4 is 5.32 Å². The maximum atomic E-state index is 13.3. The quantitative estimate of drug-likeness (QED) is 0.773. The highest BCUT2D eigenvalue weighted by atomic mass is 79.9. The fraction of sp³-hybridized carbons (Fsp3) is 0.381. The van der Waals surface area contributed by atoms with Crippen molar-refractivity contribution >= 4 is 33.4 Å². The molecule has 27 heavy (non-hydrogen) atoms. The predicted octanol–water partition coefficient (Wildman–Crippen LogP) is 4.57. The minimum absolute atomic E-state index is 0.135. The van der Waals surface area contributed by atoms with Gasteiger partial charge >= 0.3 is 0 Å². The molecule has 1 aliphatic carbocycles. The first-order valence-corrected chi connectivity index (χ1v) is 10.0. The highest BCUT2D eigenvalue weighted by Crippen LogP contribution is 2.35. The second-order valence-electron chi connectivity index (χ2n) is 7.09. The number of aromatic nitrogens is 1. The molecule has 1 N–H and O–H groups in total. The molecule has 1 heterocycles. The summed E-state index contributed by atoms with van der Waals surface area (Å²) < 4.78 is 0.941. The van der Waals surface area contributed by atoms with Crippen molar-refractivity contribution in [2.75, 3.05) is 12.4 Å². The van der Waals surface area contributed by atoms with Gasteiger partial charge in [0, 0.05) is 23.4 Å². The number of carbonyl (C=O) groups excluding carboxylic acids is 2. The van der Waals surface area contributed by atoms with Crippen LogP contribution in [0.15, 0.2) is 47.1 Å². The lowest BCUT2D eigenvalue weighted by atomic mass is 9.79. The van der Waals surface area contributed by atoms with Gasteiger partial charge in [0.15, 0.2) is 0 Å². The Kier molecular flexibility index (Phi) is 5.95. The van der Waals surface area contributed by atoms with E-state index in [0.717, 1.165) is 35.0 Å². The smallest absolute Gasteiger partial charge is 0.273 e. The Labute approximate surface area is 168 Å². The Hall–Kier alpha value is -2.21. The molecule has 0 radical (unpaired) electrons. The topological polar surface area (TPSA) is 62.3 Å². The maximum absolute atomic E-state index is 13.3. The van der Waals surface area contributed by atoms with E-state index in [-0.39, 0.29) is 11.8 Å². The lowest BCUT2D eigenvalue weighted by Crippen LogP contribution is -2.58. The van der Waals surface area contributed by atoms with Crippen LogP contribution >= 0.6 is 15.9 Å². The summed E-state index contributed by atoms with van der Waals surface area (Å²) in [5, 5.41) is 3.02. The van der Waals surface area contributed by atoms with Gasteiger partial charge in [-0.25, -0.2) is 0 Å². The van der Waals surface area contributed by atoms with E-state index in [1.165, 1.54) is 0 Å². The van der Waals surface area contributed by atoms with Crippen LogP contribution in [0.5, 0.6) is 0 Å². The van der Waals surface area contributed by atoms with E-state index in [1.54, 1.807) is 36.3 Å². The Morgan fingerprint density at radius 2 is 1.89 bits per heavy atom. The molecule has 2 amide bonds. The molecular formula is C21H24BrN3O2. The number of benzene rings is 1. The first kappa shape index (κ1) is 19.5. The summed E-state index contributed by atoms with van der Waals surface area (Å²) in [6.07, 6.45) is 5.83. The number of pyridine rings is 1. The van der Waals surface area contributed by atoms with Gasteiger partial charge in [0.1, 0.15) is 11.2 Å². The minimum Gasteiger partial charge on any atom is -0.326 e. The van der Waals surface area contributed by atoms with Gasteiger partial charge in [-0.3, -0.25) is 14.6 Å². The zero-order chi connectivity index (χ0) is 19.4. The van der Waals surface area contributed by atoms with Crippen molar-refractivity contribution in [1.82, 2.24) is 9.88 Å². The van der Waals surface area contributed by atoms with Crippen LogP contribution in [0.4, 0.5) is 5.69 Å². The standard InChI is InChI=1S/C21H24BrN3O2/c1-15-9-10-16(14-17(15)22)24-20(27)21(11-5-3-6-12-21)25(2)19(26)18-8-4-7-13-23-18/h4,7-10,13-14H,3,5-6,11-12H2,1-2H3,(H,24,27). The number of likely N-dealkylation sites (N-methyl/N-ethyl adjacent to an activating group) is 1. The Bertz CT molecular complexity index is 833. The van der Waals surface area contributed by atoms with Gasteiger partial charge in [0.05, 0.1) is 0 Å². The summed E-state index contributed by atoms with van der Waals surface area (Å²) in [4.78, 5) is 32.1. The summed E-state index contributed by atoms with van der Waals surface area (Å²) in [5.41, 5.74) is 1.32. The number of carbonyl (C=O) groups is 2. The third kappa shape index (κ3) is 4.05. The van der Waals surface area contributed by atoms with Gasteiger partial charge in [0.25, 0.3) is 5.91 Å². The molecule has 1 aliphatic rings. The molecule has 0 unspecified atom stereocenters. The summed E-state index contributed by atoms with van der Waals surface area (Å²) in [6.45, 7) is 2.00. The molecule has 0 saturated heterocycles. The van der Waals surface area contributed by atoms with E-state index < -0.39 is 5.54 Å². The first-order valence-electron chi connectivity index (χ1n) is 9.21. The number of hydrogen-bond donors (Lipinski definition) is 1. The normalized spacial score (nSPS) is 15.8. The largest absolute Gasteiger partial charge is 0.326 e. The van der Waals surface area contributed by atoms with E-state index in [9.17, 15) is 9.59 Å². The fourth-order valence-corrected chi connectivity index (χ4v) is 4.00. The fourth-order valence-electron chi connectivity index (χ4n) is 3.62. The third-order valence-corrected chi connectivity index (χ3v) is 6.22. The highest BCUT2D eigenvalue weighted by Gasteiger charge is 2.45. The van der Waals surface area contributed by atoms with Gasteiger partial charge in [-0.05, 0) is 49.6 Å². The minimum atomic E-state index is -0.857. The predicted molar refractivity (Wildman–Crippen MR) is 110 cm³/mol. The number of aryl methyl sites for hydroxylation is 1. The lowest BCUT2D eigenvalue weighted by molar-refractivity contribution is -0.128. The van der Waals surface area contributed by atoms with E-state index in [1.807, 2.05) is 25.1 Å². The van der Waals surface area contributed by atoms with E-state index in [2.05, 4.69) is 26.2 Å². The third-order valence-electron chi connectivity index (χ3n) is 5.36. The maximum Gasteiger partial charge on any atom is 0.273 e. The van der Waals surface area contributed by atoms with Gasteiger partial charge < -0.3 is 10.2 Å². The van der Waals surface area contributed by atoms with Crippen molar-refractivity contribution < 1.29 is 9.59 Å². The zero-order valence-corrected chi connectivity index (χ0v) is 17.3. The van der Waals surface area contributed by atoms with Crippen LogP contribution in [0.25, 0.3) is 0 Å². The molecule has 0 atom stereocenters. The number of hydrogen-bond acceptors (Lipinski definition) is 3. The average Bonchev–Trinajstić information content (AvgIpc) is 2.70. The van der Waals surface area contributed by atoms with Crippen molar-refractivity contribution in [2.24, 2.45) is 0 Å². The van der Waals surface area contributed by atoms with Crippen LogP contribution in [-0.2, 0) is 4.79 Å². The molecule has 0 aliphatic heterocycles. The highest BCUT2D eigenvalue weighted by molar-refractivity contribution is 9.10. The molecule has 1 aromatic heterocycles. The Balaban J connectivity index is 1.88. The number of nitrogens with one attached hydrogen (secondary N) is 1. The number of rotatable bonds is 4. The molecule has 0 spiro atoms. The molecule has 1 aromatic carbocycles. The van der Waals surface area contributed by atoms with Gasteiger partial charge in [-0.15, -0.1) is 0 Å². The van der Waals surface area contributed by atoms with Crippen LogP contribution in [0.3, 0.4) is 0 Å². The van der Waals surface area contributed by atoms with Crippen LogP contribution in [0, 0.1) is 6.92 Å². The zero-order valence-electron chi connectivity index (χ0n) is 15.7. The van der Waals surface area contributed by atoms with E-state index in [0.29, 0.717) is 18.5 Å². The SMILES string of the molecule is Cc1ccc(NC(=O)C2(N(C)C(=O)c3ccccn3)CCCCC2)cc1Br. The molecule has 2 aromatic rings. The van der Waals surface area contributed by atoms with Gasteiger partial charge in [0.2, 0.25) is 5.91 Å². The van der Waals surface area contributed by atoms with Gasteiger partial charge in [-0.2, -0.15) is 0 Å². The van der Waals surface area contributed by atoms with Crippen LogP contribution in [0.1, 0.15) is 48.2 Å². The molecule has 142 valence electrons. The van der Waals surface area contributed by atoms with Crippen molar-refractivity contribution in [3.05, 3.63) is 58.3 Å². The molecule has 1 fully saturated rings. The summed E-state index contributed by atoms with van der Waals surface area (Å²) in [7, 11) is 1.72. The number of halogens is 1. The average molecular weight is 430 g/mol. The first-order chi connectivity index (χ1) is 12.9. The summed E-state index contributed by atoms with van der Waals surface area (Å²) in [6, 6.07) is 11.0. The van der Waals surface area contributed by atoms with Crippen molar-refractivity contribution in [1.29, 1.82) is 0 Å². The molecule has 6 heteroatoms. The Morgan fingerprint density at radius 1 is 1.15 bits per heavy atom. The van der Waals surface area contributed by atoms with E-state index >= 15 is 0 Å². The number of amides is 2. The summed E-state index contributed by atoms with van der Waals surface area (Å²) in [5.74, 6) is -0.359. The van der Waals surface area contributed by atoms with Crippen molar-refractivity contribution in [3.63, 3.8) is 0 Å². The lowest BCUT2D eigenvalue weighted by Gasteiger charge is -2.43. The molecule has 5 nitrogen and oxygen atoms in total. The van der Waals surface area contributed by atoms with E-state index in [4.69, 9.17) is 0 Å². The van der Waals surface area contributed by atoms with Crippen LogP contribution in [0.2, 0.25) is 0 Å². The monoisotopic (exact) mass is 429 g/mol. The van der Waals surface area contributed by atoms with Crippen LogP contribution in [-0.4, -0.2) is 34.3 Å². The van der Waals surface area contributed by atoms with Gasteiger partial charge in [-0.1, -0.05) is 47.3 Å². The number of nitrogens with zero attached hydrogens (tertiary/aromatic N) is 2. The molecule has 1 saturated carbocycles.